The molecule has 5 nitrogen and oxygen atoms in total. The summed E-state index contributed by atoms with van der Waals surface area (Å²) < 4.78 is 31.7. The maximum Gasteiger partial charge on any atom is 0.281 e. The second-order valence-electron chi connectivity index (χ2n) is 3.95. The zero-order valence-corrected chi connectivity index (χ0v) is 11.3. The molecule has 0 aromatic heterocycles. The normalized spacial score (nSPS) is 20.5. The second-order valence-corrected chi connectivity index (χ2v) is 6.60. The van der Waals surface area contributed by atoms with E-state index in [1.165, 1.54) is 8.61 Å². The van der Waals surface area contributed by atoms with Gasteiger partial charge in [-0.15, -0.1) is 11.6 Å². The molecule has 0 aromatic carbocycles. The van der Waals surface area contributed by atoms with Crippen LogP contribution in [-0.2, 0) is 14.9 Å². The van der Waals surface area contributed by atoms with E-state index in [2.05, 4.69) is 0 Å². The summed E-state index contributed by atoms with van der Waals surface area (Å²) in [4.78, 5) is 0. The van der Waals surface area contributed by atoms with E-state index < -0.39 is 10.2 Å². The van der Waals surface area contributed by atoms with Crippen LogP contribution in [0.2, 0.25) is 0 Å². The fraction of sp³-hybridized carbons (Fsp3) is 1.00. The number of methoxy groups -OCH3 is 1. The van der Waals surface area contributed by atoms with Crippen molar-refractivity contribution < 1.29 is 13.2 Å². The molecule has 0 amide bonds. The Hall–Kier alpha value is 0.120. The van der Waals surface area contributed by atoms with Gasteiger partial charge in [-0.25, -0.2) is 0 Å². The number of hydrogen-bond acceptors (Lipinski definition) is 3. The summed E-state index contributed by atoms with van der Waals surface area (Å²) in [5.74, 6) is 0. The Morgan fingerprint density at radius 3 is 2.50 bits per heavy atom. The van der Waals surface area contributed by atoms with E-state index in [-0.39, 0.29) is 11.9 Å². The molecule has 1 heterocycles. The van der Waals surface area contributed by atoms with Gasteiger partial charge in [-0.2, -0.15) is 17.0 Å². The number of ether oxygens (including phenoxy) is 1. The molecule has 1 saturated heterocycles. The molecule has 1 atom stereocenters. The first-order valence-electron chi connectivity index (χ1n) is 5.33. The summed E-state index contributed by atoms with van der Waals surface area (Å²) in [5.41, 5.74) is 0. The molecule has 16 heavy (non-hydrogen) atoms. The van der Waals surface area contributed by atoms with Gasteiger partial charge in [0.1, 0.15) is 0 Å². The van der Waals surface area contributed by atoms with Crippen molar-refractivity contribution >= 4 is 21.8 Å². The Labute approximate surface area is 102 Å². The first-order valence-corrected chi connectivity index (χ1v) is 7.16. The standard InChI is InChI=1S/C9H19ClN2O3S/c1-11(7-9(10)8-15-2)16(13,14)12-5-3-4-6-12/h9H,3-8H2,1-2H3. The molecule has 0 saturated carbocycles. The van der Waals surface area contributed by atoms with Crippen LogP contribution >= 0.6 is 11.6 Å². The van der Waals surface area contributed by atoms with Crippen molar-refractivity contribution in [2.75, 3.05) is 40.4 Å². The molecule has 0 radical (unpaired) electrons. The summed E-state index contributed by atoms with van der Waals surface area (Å²) in [5, 5.41) is -0.313. The maximum absolute atomic E-state index is 12.0. The van der Waals surface area contributed by atoms with Gasteiger partial charge in [0.05, 0.1) is 12.0 Å². The molecule has 1 aliphatic rings. The minimum absolute atomic E-state index is 0.272. The van der Waals surface area contributed by atoms with Crippen molar-refractivity contribution in [1.29, 1.82) is 0 Å². The predicted octanol–water partition coefficient (Wildman–Crippen LogP) is 0.513. The predicted molar refractivity (Wildman–Crippen MR) is 63.9 cm³/mol. The van der Waals surface area contributed by atoms with Crippen molar-refractivity contribution in [2.45, 2.75) is 18.2 Å². The molecular formula is C9H19ClN2O3S. The number of halogens is 1. The Morgan fingerprint density at radius 2 is 2.00 bits per heavy atom. The lowest BCUT2D eigenvalue weighted by molar-refractivity contribution is 0.191. The maximum atomic E-state index is 12.0. The summed E-state index contributed by atoms with van der Waals surface area (Å²) in [6.07, 6.45) is 1.88. The van der Waals surface area contributed by atoms with Gasteiger partial charge in [0, 0.05) is 33.8 Å². The summed E-state index contributed by atoms with van der Waals surface area (Å²) in [6.45, 7) is 1.85. The van der Waals surface area contributed by atoms with Crippen molar-refractivity contribution in [1.82, 2.24) is 8.61 Å². The lowest BCUT2D eigenvalue weighted by Crippen LogP contribution is -2.43. The van der Waals surface area contributed by atoms with Crippen LogP contribution in [0, 0.1) is 0 Å². The molecule has 0 aromatic rings. The van der Waals surface area contributed by atoms with Crippen LogP contribution in [0.5, 0.6) is 0 Å². The minimum atomic E-state index is -3.33. The Bertz CT molecular complexity index is 304. The van der Waals surface area contributed by atoms with Gasteiger partial charge in [0.15, 0.2) is 0 Å². The Kier molecular flexibility index (Phi) is 5.46. The Balaban J connectivity index is 2.54. The molecule has 0 N–H and O–H groups in total. The molecular weight excluding hydrogens is 252 g/mol. The molecule has 1 rings (SSSR count). The van der Waals surface area contributed by atoms with E-state index in [1.807, 2.05) is 0 Å². The highest BCUT2D eigenvalue weighted by molar-refractivity contribution is 7.86. The average Bonchev–Trinajstić information content (AvgIpc) is 2.70. The van der Waals surface area contributed by atoms with E-state index in [0.29, 0.717) is 19.7 Å². The topological polar surface area (TPSA) is 49.9 Å². The van der Waals surface area contributed by atoms with E-state index in [9.17, 15) is 8.42 Å². The van der Waals surface area contributed by atoms with Crippen LogP contribution in [-0.4, -0.2) is 62.8 Å². The lowest BCUT2D eigenvalue weighted by atomic mass is 10.4. The largest absolute Gasteiger partial charge is 0.383 e. The van der Waals surface area contributed by atoms with E-state index >= 15 is 0 Å². The molecule has 7 heteroatoms. The van der Waals surface area contributed by atoms with Crippen LogP contribution in [0.1, 0.15) is 12.8 Å². The number of nitrogens with zero attached hydrogens (tertiary/aromatic N) is 2. The van der Waals surface area contributed by atoms with Gasteiger partial charge in [0.2, 0.25) is 0 Å². The number of hydrogen-bond donors (Lipinski definition) is 0. The van der Waals surface area contributed by atoms with E-state index in [0.717, 1.165) is 12.8 Å². The van der Waals surface area contributed by atoms with Crippen molar-refractivity contribution in [3.63, 3.8) is 0 Å². The molecule has 1 fully saturated rings. The number of alkyl halides is 1. The Morgan fingerprint density at radius 1 is 1.44 bits per heavy atom. The van der Waals surface area contributed by atoms with Gasteiger partial charge in [-0.3, -0.25) is 0 Å². The fourth-order valence-corrected chi connectivity index (χ4v) is 3.62. The van der Waals surface area contributed by atoms with Crippen LogP contribution in [0.4, 0.5) is 0 Å². The highest BCUT2D eigenvalue weighted by Crippen LogP contribution is 2.16. The molecule has 96 valence electrons. The minimum Gasteiger partial charge on any atom is -0.383 e. The van der Waals surface area contributed by atoms with Crippen LogP contribution in [0.3, 0.4) is 0 Å². The zero-order valence-electron chi connectivity index (χ0n) is 9.73. The highest BCUT2D eigenvalue weighted by Gasteiger charge is 2.30. The van der Waals surface area contributed by atoms with Gasteiger partial charge < -0.3 is 4.74 Å². The SMILES string of the molecule is COCC(Cl)CN(C)S(=O)(=O)N1CCCC1. The van der Waals surface area contributed by atoms with E-state index in [1.54, 1.807) is 14.2 Å². The zero-order chi connectivity index (χ0) is 12.2. The smallest absolute Gasteiger partial charge is 0.281 e. The van der Waals surface area contributed by atoms with Gasteiger partial charge >= 0.3 is 0 Å². The van der Waals surface area contributed by atoms with Crippen LogP contribution in [0.25, 0.3) is 0 Å². The van der Waals surface area contributed by atoms with Crippen molar-refractivity contribution in [2.24, 2.45) is 0 Å². The number of rotatable bonds is 6. The van der Waals surface area contributed by atoms with Crippen LogP contribution in [0.15, 0.2) is 0 Å². The van der Waals surface area contributed by atoms with Gasteiger partial charge in [0.25, 0.3) is 10.2 Å². The third-order valence-corrected chi connectivity index (χ3v) is 4.81. The summed E-state index contributed by atoms with van der Waals surface area (Å²) in [7, 11) is -0.225. The second kappa shape index (κ2) is 6.16. The fourth-order valence-electron chi connectivity index (χ4n) is 1.72. The monoisotopic (exact) mass is 270 g/mol. The third-order valence-electron chi connectivity index (χ3n) is 2.59. The highest BCUT2D eigenvalue weighted by atomic mass is 35.5. The molecule has 1 aliphatic heterocycles. The summed E-state index contributed by atoms with van der Waals surface area (Å²) in [6, 6.07) is 0. The van der Waals surface area contributed by atoms with Crippen LogP contribution < -0.4 is 0 Å². The van der Waals surface area contributed by atoms with E-state index in [4.69, 9.17) is 16.3 Å². The molecule has 1 unspecified atom stereocenters. The first-order chi connectivity index (χ1) is 7.48. The van der Waals surface area contributed by atoms with Crippen molar-refractivity contribution in [3.05, 3.63) is 0 Å². The average molecular weight is 271 g/mol. The molecule has 0 bridgehead atoms. The summed E-state index contributed by atoms with van der Waals surface area (Å²) >= 11 is 5.94. The molecule has 0 spiro atoms. The van der Waals surface area contributed by atoms with Crippen molar-refractivity contribution in [3.8, 4) is 0 Å². The lowest BCUT2D eigenvalue weighted by Gasteiger charge is -2.25. The first kappa shape index (κ1) is 14.2. The van der Waals surface area contributed by atoms with Gasteiger partial charge in [-0.05, 0) is 12.8 Å². The van der Waals surface area contributed by atoms with Gasteiger partial charge in [-0.1, -0.05) is 0 Å². The molecule has 0 aliphatic carbocycles. The third kappa shape index (κ3) is 3.56. The quantitative estimate of drug-likeness (QED) is 0.661.